The van der Waals surface area contributed by atoms with Crippen molar-refractivity contribution < 1.29 is 9.53 Å². The summed E-state index contributed by atoms with van der Waals surface area (Å²) in [4.78, 5) is 15.8. The van der Waals surface area contributed by atoms with E-state index >= 15 is 0 Å². The SMILES string of the molecule is CC1CC2CC3(C1)CC3C2NC(=O)c1cnn(CCN2CCCNCC2)c1OC(C)C. The largest absolute Gasteiger partial charge is 0.475 e. The van der Waals surface area contributed by atoms with Crippen molar-refractivity contribution in [2.24, 2.45) is 23.2 Å². The van der Waals surface area contributed by atoms with Gasteiger partial charge in [-0.3, -0.25) is 4.79 Å². The average Bonchev–Trinajstić information content (AvgIpc) is 3.27. The topological polar surface area (TPSA) is 71.4 Å². The highest BCUT2D eigenvalue weighted by molar-refractivity contribution is 5.96. The zero-order valence-corrected chi connectivity index (χ0v) is 19.4. The highest BCUT2D eigenvalue weighted by Gasteiger charge is 2.67. The first-order valence-electron chi connectivity index (χ1n) is 12.4. The van der Waals surface area contributed by atoms with Crippen LogP contribution in [0.15, 0.2) is 6.20 Å². The van der Waals surface area contributed by atoms with E-state index < -0.39 is 0 Å². The molecule has 0 aromatic carbocycles. The molecule has 1 saturated heterocycles. The molecule has 2 N–H and O–H groups in total. The maximum absolute atomic E-state index is 13.3. The van der Waals surface area contributed by atoms with Crippen molar-refractivity contribution >= 4 is 5.91 Å². The van der Waals surface area contributed by atoms with Gasteiger partial charge < -0.3 is 20.3 Å². The van der Waals surface area contributed by atoms with Crippen LogP contribution in [0.2, 0.25) is 0 Å². The fourth-order valence-electron chi connectivity index (χ4n) is 6.79. The van der Waals surface area contributed by atoms with E-state index in [9.17, 15) is 4.79 Å². The fourth-order valence-corrected chi connectivity index (χ4v) is 6.79. The second kappa shape index (κ2) is 8.39. The van der Waals surface area contributed by atoms with E-state index in [0.29, 0.717) is 34.7 Å². The van der Waals surface area contributed by atoms with Gasteiger partial charge in [0, 0.05) is 25.7 Å². The lowest BCUT2D eigenvalue weighted by atomic mass is 9.77. The normalized spacial score (nSPS) is 35.0. The molecule has 5 atom stereocenters. The molecule has 2 bridgehead atoms. The van der Waals surface area contributed by atoms with Crippen molar-refractivity contribution in [1.82, 2.24) is 25.3 Å². The molecule has 5 rings (SSSR count). The summed E-state index contributed by atoms with van der Waals surface area (Å²) in [6, 6.07) is 0.331. The summed E-state index contributed by atoms with van der Waals surface area (Å²) in [5, 5.41) is 11.4. The molecule has 1 aromatic rings. The van der Waals surface area contributed by atoms with Crippen LogP contribution in [-0.4, -0.2) is 65.5 Å². The van der Waals surface area contributed by atoms with E-state index in [4.69, 9.17) is 4.74 Å². The molecule has 31 heavy (non-hydrogen) atoms. The lowest BCUT2D eigenvalue weighted by Gasteiger charge is -2.31. The Morgan fingerprint density at radius 2 is 2.16 bits per heavy atom. The van der Waals surface area contributed by atoms with Crippen molar-refractivity contribution in [1.29, 1.82) is 0 Å². The first-order chi connectivity index (χ1) is 14.9. The molecule has 3 saturated carbocycles. The molecule has 7 heteroatoms. The molecule has 3 aliphatic carbocycles. The number of rotatable bonds is 7. The molecular weight excluding hydrogens is 390 g/mol. The van der Waals surface area contributed by atoms with Crippen LogP contribution in [-0.2, 0) is 6.54 Å². The molecule has 1 aliphatic heterocycles. The number of hydrogen-bond donors (Lipinski definition) is 2. The van der Waals surface area contributed by atoms with Gasteiger partial charge in [-0.05, 0) is 82.2 Å². The zero-order valence-electron chi connectivity index (χ0n) is 19.4. The van der Waals surface area contributed by atoms with Crippen LogP contribution in [0, 0.1) is 23.2 Å². The second-order valence-electron chi connectivity index (χ2n) is 10.9. The predicted octanol–water partition coefficient (Wildman–Crippen LogP) is 2.52. The van der Waals surface area contributed by atoms with Gasteiger partial charge in [0.15, 0.2) is 0 Å². The van der Waals surface area contributed by atoms with Crippen LogP contribution in [0.3, 0.4) is 0 Å². The van der Waals surface area contributed by atoms with Gasteiger partial charge >= 0.3 is 0 Å². The fraction of sp³-hybridized carbons (Fsp3) is 0.833. The summed E-state index contributed by atoms with van der Waals surface area (Å²) in [5.74, 6) is 2.75. The van der Waals surface area contributed by atoms with Crippen LogP contribution < -0.4 is 15.4 Å². The van der Waals surface area contributed by atoms with Crippen LogP contribution in [0.25, 0.3) is 0 Å². The van der Waals surface area contributed by atoms with Crippen LogP contribution >= 0.6 is 0 Å². The molecule has 4 fully saturated rings. The van der Waals surface area contributed by atoms with E-state index in [1.807, 2.05) is 18.5 Å². The molecule has 0 radical (unpaired) electrons. The van der Waals surface area contributed by atoms with Gasteiger partial charge in [0.1, 0.15) is 5.56 Å². The third kappa shape index (κ3) is 4.23. The van der Waals surface area contributed by atoms with Gasteiger partial charge in [0.25, 0.3) is 5.91 Å². The number of carbonyl (C=O) groups excluding carboxylic acids is 1. The number of carbonyl (C=O) groups is 1. The standard InChI is InChI=1S/C24H39N5O2/c1-16(2)31-23-19(15-26-29(23)10-9-28-7-4-5-25-6-8-28)22(30)27-21-18-11-17(3)12-24(13-18)14-20(21)24/h15-18,20-21,25H,4-14H2,1-3H3,(H,27,30). The number of aromatic nitrogens is 2. The van der Waals surface area contributed by atoms with E-state index in [2.05, 4.69) is 27.6 Å². The van der Waals surface area contributed by atoms with Gasteiger partial charge in [0.05, 0.1) is 18.8 Å². The molecule has 1 aromatic heterocycles. The number of fused-ring (bicyclic) bond motifs is 1. The lowest BCUT2D eigenvalue weighted by molar-refractivity contribution is 0.0907. The highest BCUT2D eigenvalue weighted by Crippen LogP contribution is 2.71. The smallest absolute Gasteiger partial charge is 0.258 e. The van der Waals surface area contributed by atoms with Crippen LogP contribution in [0.5, 0.6) is 5.88 Å². The third-order valence-corrected chi connectivity index (χ3v) is 8.06. The molecule has 1 spiro atoms. The van der Waals surface area contributed by atoms with Gasteiger partial charge in [-0.15, -0.1) is 0 Å². The Morgan fingerprint density at radius 1 is 1.29 bits per heavy atom. The molecule has 7 nitrogen and oxygen atoms in total. The Hall–Kier alpha value is -1.60. The quantitative estimate of drug-likeness (QED) is 0.697. The van der Waals surface area contributed by atoms with E-state index in [1.165, 1.54) is 32.1 Å². The Labute approximate surface area is 186 Å². The van der Waals surface area contributed by atoms with Crippen LogP contribution in [0.4, 0.5) is 0 Å². The number of nitrogens with zero attached hydrogens (tertiary/aromatic N) is 3. The molecular formula is C24H39N5O2. The zero-order chi connectivity index (χ0) is 21.6. The van der Waals surface area contributed by atoms with Crippen LogP contribution in [0.1, 0.15) is 63.2 Å². The molecule has 4 aliphatic rings. The van der Waals surface area contributed by atoms with Crippen molar-refractivity contribution in [3.63, 3.8) is 0 Å². The summed E-state index contributed by atoms with van der Waals surface area (Å²) in [6.07, 6.45) is 8.11. The van der Waals surface area contributed by atoms with Crippen molar-refractivity contribution in [2.45, 2.75) is 71.6 Å². The lowest BCUT2D eigenvalue weighted by Crippen LogP contribution is -2.40. The Morgan fingerprint density at radius 3 is 3.00 bits per heavy atom. The third-order valence-electron chi connectivity index (χ3n) is 8.06. The minimum atomic E-state index is -0.00637. The molecule has 172 valence electrons. The van der Waals surface area contributed by atoms with Crippen molar-refractivity contribution in [3.8, 4) is 5.88 Å². The Balaban J connectivity index is 1.27. The number of nitrogens with one attached hydrogen (secondary N) is 2. The monoisotopic (exact) mass is 429 g/mol. The van der Waals surface area contributed by atoms with Gasteiger partial charge in [0.2, 0.25) is 5.88 Å². The highest BCUT2D eigenvalue weighted by atomic mass is 16.5. The second-order valence-corrected chi connectivity index (χ2v) is 10.9. The van der Waals surface area contributed by atoms with E-state index in [-0.39, 0.29) is 12.0 Å². The maximum atomic E-state index is 13.3. The number of ether oxygens (including phenoxy) is 1. The maximum Gasteiger partial charge on any atom is 0.258 e. The summed E-state index contributed by atoms with van der Waals surface area (Å²) < 4.78 is 8.00. The summed E-state index contributed by atoms with van der Waals surface area (Å²) in [6.45, 7) is 12.3. The van der Waals surface area contributed by atoms with Crippen molar-refractivity contribution in [3.05, 3.63) is 11.8 Å². The minimum Gasteiger partial charge on any atom is -0.475 e. The average molecular weight is 430 g/mol. The van der Waals surface area contributed by atoms with Gasteiger partial charge in [-0.1, -0.05) is 6.92 Å². The minimum absolute atomic E-state index is 0.00244. The first kappa shape index (κ1) is 21.3. The number of hydrogen-bond acceptors (Lipinski definition) is 5. The molecule has 1 amide bonds. The Bertz CT molecular complexity index is 800. The van der Waals surface area contributed by atoms with E-state index in [1.54, 1.807) is 6.20 Å². The predicted molar refractivity (Wildman–Crippen MR) is 120 cm³/mol. The molecule has 5 unspecified atom stereocenters. The molecule has 2 heterocycles. The first-order valence-corrected chi connectivity index (χ1v) is 12.4. The summed E-state index contributed by atoms with van der Waals surface area (Å²) in [7, 11) is 0. The van der Waals surface area contributed by atoms with Crippen molar-refractivity contribution in [2.75, 3.05) is 32.7 Å². The number of amides is 1. The Kier molecular flexibility index (Phi) is 5.76. The van der Waals surface area contributed by atoms with Gasteiger partial charge in [-0.2, -0.15) is 5.10 Å². The summed E-state index contributed by atoms with van der Waals surface area (Å²) >= 11 is 0. The summed E-state index contributed by atoms with van der Waals surface area (Å²) in [5.41, 5.74) is 1.14. The van der Waals surface area contributed by atoms with Gasteiger partial charge in [-0.25, -0.2) is 4.68 Å². The van der Waals surface area contributed by atoms with E-state index in [0.717, 1.165) is 45.2 Å².